The van der Waals surface area contributed by atoms with Crippen LogP contribution in [0.15, 0.2) is 84.3 Å². The number of rotatable bonds is 7. The smallest absolute Gasteiger partial charge is 0.255 e. The first-order valence-corrected chi connectivity index (χ1v) is 12.1. The number of nitrogens with zero attached hydrogens (tertiary/aromatic N) is 3. The lowest BCUT2D eigenvalue weighted by molar-refractivity contribution is -0.113. The van der Waals surface area contributed by atoms with Gasteiger partial charge in [0.05, 0.1) is 12.7 Å². The van der Waals surface area contributed by atoms with Crippen molar-refractivity contribution in [3.63, 3.8) is 0 Å². The van der Waals surface area contributed by atoms with Gasteiger partial charge in [0.25, 0.3) is 5.91 Å². The summed E-state index contributed by atoms with van der Waals surface area (Å²) >= 11 is 6.00. The van der Waals surface area contributed by atoms with Crippen LogP contribution < -0.4 is 20.1 Å². The van der Waals surface area contributed by atoms with Gasteiger partial charge in [-0.3, -0.25) is 4.79 Å². The number of allylic oxidation sites excluding steroid dienone is 1. The monoisotopic (exact) mass is 515 g/mol. The van der Waals surface area contributed by atoms with Crippen LogP contribution >= 0.6 is 11.6 Å². The Morgan fingerprint density at radius 1 is 1.08 bits per heavy atom. The van der Waals surface area contributed by atoms with Crippen molar-refractivity contribution in [3.8, 4) is 11.5 Å². The molecule has 0 saturated carbocycles. The highest BCUT2D eigenvalue weighted by Gasteiger charge is 2.34. The second-order valence-electron chi connectivity index (χ2n) is 8.74. The topological polar surface area (TPSA) is 90.3 Å². The number of hydrogen-bond donors (Lipinski definition) is 2. The van der Waals surface area contributed by atoms with Crippen LogP contribution in [0.5, 0.6) is 11.5 Å². The van der Waals surface area contributed by atoms with E-state index in [0.29, 0.717) is 46.0 Å². The minimum Gasteiger partial charge on any atom is -0.493 e. The van der Waals surface area contributed by atoms with Gasteiger partial charge < -0.3 is 20.1 Å². The largest absolute Gasteiger partial charge is 0.493 e. The molecular formula is C28H26ClN5O3. The van der Waals surface area contributed by atoms with Gasteiger partial charge in [-0.25, -0.2) is 4.68 Å². The Balaban J connectivity index is 1.47. The number of aryl methyl sites for hydroxylation is 1. The van der Waals surface area contributed by atoms with Crippen LogP contribution in [0, 0.1) is 6.92 Å². The summed E-state index contributed by atoms with van der Waals surface area (Å²) in [5, 5.41) is 11.1. The van der Waals surface area contributed by atoms with Gasteiger partial charge in [0.1, 0.15) is 19.0 Å². The predicted molar refractivity (Wildman–Crippen MR) is 143 cm³/mol. The molecule has 0 saturated heterocycles. The number of anilines is 2. The molecule has 0 unspecified atom stereocenters. The van der Waals surface area contributed by atoms with Crippen LogP contribution in [-0.4, -0.2) is 27.8 Å². The normalized spacial score (nSPS) is 14.5. The molecule has 0 spiro atoms. The third-order valence-electron chi connectivity index (χ3n) is 6.12. The number of nitrogens with one attached hydrogen (secondary N) is 2. The third kappa shape index (κ3) is 5.15. The summed E-state index contributed by atoms with van der Waals surface area (Å²) in [4.78, 5) is 17.8. The van der Waals surface area contributed by atoms with Gasteiger partial charge in [0, 0.05) is 16.4 Å². The lowest BCUT2D eigenvalue weighted by Gasteiger charge is -2.29. The molecule has 0 bridgehead atoms. The van der Waals surface area contributed by atoms with Crippen molar-refractivity contribution in [3.05, 3.63) is 106 Å². The number of carbonyl (C=O) groups excluding carboxylic acids is 1. The Kier molecular flexibility index (Phi) is 6.83. The molecule has 9 heteroatoms. The average molecular weight is 516 g/mol. The van der Waals surface area contributed by atoms with Crippen molar-refractivity contribution in [2.45, 2.75) is 26.5 Å². The van der Waals surface area contributed by atoms with Crippen LogP contribution in [0.3, 0.4) is 0 Å². The predicted octanol–water partition coefficient (Wildman–Crippen LogP) is 5.76. The number of amides is 1. The van der Waals surface area contributed by atoms with Crippen LogP contribution in [0.1, 0.15) is 29.7 Å². The second-order valence-corrected chi connectivity index (χ2v) is 9.18. The Morgan fingerprint density at radius 3 is 2.65 bits per heavy atom. The lowest BCUT2D eigenvalue weighted by atomic mass is 9.94. The van der Waals surface area contributed by atoms with Gasteiger partial charge in [-0.15, -0.1) is 0 Å². The number of ether oxygens (including phenoxy) is 2. The van der Waals surface area contributed by atoms with E-state index in [1.54, 1.807) is 36.1 Å². The third-order valence-corrected chi connectivity index (χ3v) is 6.37. The molecule has 0 radical (unpaired) electrons. The van der Waals surface area contributed by atoms with Gasteiger partial charge in [0.15, 0.2) is 11.5 Å². The van der Waals surface area contributed by atoms with E-state index < -0.39 is 6.04 Å². The number of halogens is 1. The van der Waals surface area contributed by atoms with Crippen LogP contribution in [0.4, 0.5) is 11.6 Å². The van der Waals surface area contributed by atoms with Gasteiger partial charge in [-0.2, -0.15) is 10.1 Å². The molecule has 8 nitrogen and oxygen atoms in total. The fourth-order valence-corrected chi connectivity index (χ4v) is 4.49. The molecule has 1 aliphatic heterocycles. The summed E-state index contributed by atoms with van der Waals surface area (Å²) in [5.41, 5.74) is 4.85. The second kappa shape index (κ2) is 10.4. The zero-order valence-corrected chi connectivity index (χ0v) is 21.4. The molecule has 2 N–H and O–H groups in total. The van der Waals surface area contributed by atoms with Crippen molar-refractivity contribution < 1.29 is 14.3 Å². The van der Waals surface area contributed by atoms with Crippen molar-refractivity contribution in [2.75, 3.05) is 17.7 Å². The van der Waals surface area contributed by atoms with Crippen molar-refractivity contribution in [1.82, 2.24) is 14.8 Å². The molecule has 2 heterocycles. The van der Waals surface area contributed by atoms with Crippen molar-refractivity contribution >= 4 is 29.1 Å². The SMILES string of the molecule is COc1cc([C@H]2C(C(=O)Nc3ccc(Cl)cc3)=C(C)Nc3ncnn32)ccc1OCc1cccc(C)c1. The van der Waals surface area contributed by atoms with Crippen LogP contribution in [-0.2, 0) is 11.4 Å². The molecule has 188 valence electrons. The van der Waals surface area contributed by atoms with E-state index in [9.17, 15) is 4.79 Å². The molecule has 1 atom stereocenters. The quantitative estimate of drug-likeness (QED) is 0.325. The maximum atomic E-state index is 13.5. The zero-order valence-electron chi connectivity index (χ0n) is 20.7. The molecule has 0 fully saturated rings. The first-order chi connectivity index (χ1) is 17.9. The lowest BCUT2D eigenvalue weighted by Crippen LogP contribution is -2.31. The Bertz CT molecular complexity index is 1480. The maximum Gasteiger partial charge on any atom is 0.255 e. The highest BCUT2D eigenvalue weighted by molar-refractivity contribution is 6.30. The number of aromatic nitrogens is 3. The summed E-state index contributed by atoms with van der Waals surface area (Å²) in [5.74, 6) is 1.44. The van der Waals surface area contributed by atoms with E-state index in [0.717, 1.165) is 11.1 Å². The van der Waals surface area contributed by atoms with Gasteiger partial charge in [-0.05, 0) is 61.4 Å². The minimum absolute atomic E-state index is 0.266. The summed E-state index contributed by atoms with van der Waals surface area (Å²) in [6, 6.07) is 20.2. The van der Waals surface area contributed by atoms with Gasteiger partial charge in [-0.1, -0.05) is 47.5 Å². The molecule has 1 aliphatic rings. The number of benzene rings is 3. The standard InChI is InChI=1S/C28H26ClN5O3/c1-17-5-4-6-19(13-17)15-37-23-12-7-20(14-24(23)36-3)26-25(18(2)32-28-30-16-31-34(26)28)27(35)33-22-10-8-21(29)9-11-22/h4-14,16,26H,15H2,1-3H3,(H,33,35)(H,30,31,32)/t26-/m0/s1. The van der Waals surface area contributed by atoms with E-state index >= 15 is 0 Å². The highest BCUT2D eigenvalue weighted by atomic mass is 35.5. The van der Waals surface area contributed by atoms with Crippen molar-refractivity contribution in [2.24, 2.45) is 0 Å². The summed E-state index contributed by atoms with van der Waals surface area (Å²) in [7, 11) is 1.59. The molecule has 1 amide bonds. The Hall–Kier alpha value is -4.30. The van der Waals surface area contributed by atoms with Crippen molar-refractivity contribution in [1.29, 1.82) is 0 Å². The maximum absolute atomic E-state index is 13.5. The molecule has 3 aromatic carbocycles. The van der Waals surface area contributed by atoms with E-state index in [1.165, 1.54) is 11.9 Å². The summed E-state index contributed by atoms with van der Waals surface area (Å²) in [6.07, 6.45) is 1.46. The number of fused-ring (bicyclic) bond motifs is 1. The Morgan fingerprint density at radius 2 is 1.89 bits per heavy atom. The molecule has 4 aromatic rings. The average Bonchev–Trinajstić information content (AvgIpc) is 3.36. The van der Waals surface area contributed by atoms with E-state index in [2.05, 4.69) is 26.8 Å². The number of methoxy groups -OCH3 is 1. The van der Waals surface area contributed by atoms with Crippen LogP contribution in [0.25, 0.3) is 0 Å². The molecule has 0 aliphatic carbocycles. The van der Waals surface area contributed by atoms with E-state index in [1.807, 2.05) is 50.2 Å². The minimum atomic E-state index is -0.536. The fraction of sp³-hybridized carbons (Fsp3) is 0.179. The summed E-state index contributed by atoms with van der Waals surface area (Å²) in [6.45, 7) is 4.30. The summed E-state index contributed by atoms with van der Waals surface area (Å²) < 4.78 is 13.4. The zero-order chi connectivity index (χ0) is 25.9. The van der Waals surface area contributed by atoms with E-state index in [-0.39, 0.29) is 5.91 Å². The van der Waals surface area contributed by atoms with E-state index in [4.69, 9.17) is 21.1 Å². The number of hydrogen-bond acceptors (Lipinski definition) is 6. The molecule has 1 aromatic heterocycles. The molecule has 37 heavy (non-hydrogen) atoms. The molecular weight excluding hydrogens is 490 g/mol. The Labute approximate surface area is 219 Å². The van der Waals surface area contributed by atoms with Gasteiger partial charge >= 0.3 is 0 Å². The first kappa shape index (κ1) is 24.4. The first-order valence-electron chi connectivity index (χ1n) is 11.7. The fourth-order valence-electron chi connectivity index (χ4n) is 4.36. The van der Waals surface area contributed by atoms with Gasteiger partial charge in [0.2, 0.25) is 5.95 Å². The van der Waals surface area contributed by atoms with Crippen LogP contribution in [0.2, 0.25) is 5.02 Å². The molecule has 5 rings (SSSR count). The highest BCUT2D eigenvalue weighted by Crippen LogP contribution is 2.39. The number of carbonyl (C=O) groups is 1.